The summed E-state index contributed by atoms with van der Waals surface area (Å²) in [6.45, 7) is 5.54. The third-order valence-corrected chi connectivity index (χ3v) is 2.26. The van der Waals surface area contributed by atoms with Crippen molar-refractivity contribution in [2.75, 3.05) is 12.3 Å². The van der Waals surface area contributed by atoms with Crippen molar-refractivity contribution in [2.45, 2.75) is 26.4 Å². The number of alkyl carbamates (subject to hydrolysis) is 1. The van der Waals surface area contributed by atoms with Gasteiger partial charge in [-0.05, 0) is 26.8 Å². The largest absolute Gasteiger partial charge is 0.478 e. The molecule has 7 nitrogen and oxygen atoms in total. The standard InChI is InChI=1S/C14H19N3O4/c1-14(2,3)21-13(20)16-6-4-5-9-7-10(12(18)19)8-17-11(9)15/h4-5,7-8H,6H2,1-3H3,(H2,15,17)(H,16,20)(H,18,19). The van der Waals surface area contributed by atoms with Gasteiger partial charge in [0.15, 0.2) is 0 Å². The fraction of sp³-hybridized carbons (Fsp3) is 0.357. The van der Waals surface area contributed by atoms with E-state index in [0.717, 1.165) is 0 Å². The summed E-state index contributed by atoms with van der Waals surface area (Å²) in [6.07, 6.45) is 3.88. The van der Waals surface area contributed by atoms with E-state index in [1.165, 1.54) is 12.3 Å². The van der Waals surface area contributed by atoms with Gasteiger partial charge in [-0.2, -0.15) is 0 Å². The Balaban J connectivity index is 2.60. The zero-order valence-corrected chi connectivity index (χ0v) is 12.2. The maximum absolute atomic E-state index is 11.4. The zero-order chi connectivity index (χ0) is 16.0. The lowest BCUT2D eigenvalue weighted by atomic mass is 10.1. The third-order valence-electron chi connectivity index (χ3n) is 2.26. The van der Waals surface area contributed by atoms with Gasteiger partial charge in [-0.3, -0.25) is 0 Å². The Morgan fingerprint density at radius 2 is 2.14 bits per heavy atom. The maximum atomic E-state index is 11.4. The highest BCUT2D eigenvalue weighted by atomic mass is 16.6. The average molecular weight is 293 g/mol. The van der Waals surface area contributed by atoms with Crippen molar-refractivity contribution < 1.29 is 19.4 Å². The van der Waals surface area contributed by atoms with E-state index in [9.17, 15) is 9.59 Å². The number of carbonyl (C=O) groups excluding carboxylic acids is 1. The van der Waals surface area contributed by atoms with Gasteiger partial charge < -0.3 is 20.9 Å². The molecule has 0 aromatic carbocycles. The van der Waals surface area contributed by atoms with E-state index in [-0.39, 0.29) is 17.9 Å². The van der Waals surface area contributed by atoms with Crippen LogP contribution in [0.2, 0.25) is 0 Å². The zero-order valence-electron chi connectivity index (χ0n) is 12.2. The summed E-state index contributed by atoms with van der Waals surface area (Å²) in [5, 5.41) is 11.4. The number of nitrogens with two attached hydrogens (primary N) is 1. The quantitative estimate of drug-likeness (QED) is 0.781. The van der Waals surface area contributed by atoms with Gasteiger partial charge in [-0.25, -0.2) is 14.6 Å². The van der Waals surface area contributed by atoms with Crippen molar-refractivity contribution in [3.8, 4) is 0 Å². The number of aromatic carboxylic acids is 1. The number of nitrogens with zero attached hydrogens (tertiary/aromatic N) is 1. The van der Waals surface area contributed by atoms with Crippen molar-refractivity contribution in [3.63, 3.8) is 0 Å². The molecular formula is C14H19N3O4. The van der Waals surface area contributed by atoms with Gasteiger partial charge in [0.25, 0.3) is 0 Å². The fourth-order valence-electron chi connectivity index (χ4n) is 1.39. The maximum Gasteiger partial charge on any atom is 0.407 e. The van der Waals surface area contributed by atoms with Crippen LogP contribution < -0.4 is 11.1 Å². The summed E-state index contributed by atoms with van der Waals surface area (Å²) in [6, 6.07) is 1.41. The van der Waals surface area contributed by atoms with E-state index in [0.29, 0.717) is 5.56 Å². The lowest BCUT2D eigenvalue weighted by Crippen LogP contribution is -2.32. The second kappa shape index (κ2) is 6.74. The topological polar surface area (TPSA) is 115 Å². The predicted molar refractivity (Wildman–Crippen MR) is 78.9 cm³/mol. The highest BCUT2D eigenvalue weighted by Crippen LogP contribution is 2.12. The van der Waals surface area contributed by atoms with Crippen molar-refractivity contribution >= 4 is 24.0 Å². The Hall–Kier alpha value is -2.57. The number of carboxylic acids is 1. The molecule has 0 fully saturated rings. The molecule has 0 aliphatic carbocycles. The summed E-state index contributed by atoms with van der Waals surface area (Å²) in [7, 11) is 0. The van der Waals surface area contributed by atoms with E-state index in [2.05, 4.69) is 10.3 Å². The number of ether oxygens (including phenoxy) is 1. The van der Waals surface area contributed by atoms with E-state index < -0.39 is 17.7 Å². The molecule has 0 aliphatic heterocycles. The minimum atomic E-state index is -1.08. The minimum Gasteiger partial charge on any atom is -0.478 e. The molecule has 0 aliphatic rings. The molecule has 1 rings (SSSR count). The van der Waals surface area contributed by atoms with Crippen molar-refractivity contribution in [3.05, 3.63) is 29.5 Å². The molecule has 0 spiro atoms. The SMILES string of the molecule is CC(C)(C)OC(=O)NCC=Cc1cc(C(=O)O)cnc1N. The van der Waals surface area contributed by atoms with Gasteiger partial charge in [-0.1, -0.05) is 12.2 Å². The van der Waals surface area contributed by atoms with Gasteiger partial charge in [0, 0.05) is 18.3 Å². The van der Waals surface area contributed by atoms with Gasteiger partial charge >= 0.3 is 12.1 Å². The van der Waals surface area contributed by atoms with Crippen molar-refractivity contribution in [1.29, 1.82) is 0 Å². The molecule has 1 amide bonds. The van der Waals surface area contributed by atoms with Gasteiger partial charge in [0.2, 0.25) is 0 Å². The summed E-state index contributed by atoms with van der Waals surface area (Å²) in [5.74, 6) is -0.863. The van der Waals surface area contributed by atoms with Crippen LogP contribution in [0.1, 0.15) is 36.7 Å². The van der Waals surface area contributed by atoms with Crippen molar-refractivity contribution in [1.82, 2.24) is 10.3 Å². The Morgan fingerprint density at radius 1 is 1.48 bits per heavy atom. The monoisotopic (exact) mass is 293 g/mol. The molecule has 1 heterocycles. The summed E-state index contributed by atoms with van der Waals surface area (Å²) in [5.41, 5.74) is 5.61. The summed E-state index contributed by atoms with van der Waals surface area (Å²) in [4.78, 5) is 26.0. The summed E-state index contributed by atoms with van der Waals surface area (Å²) < 4.78 is 5.07. The lowest BCUT2D eigenvalue weighted by molar-refractivity contribution is 0.0533. The smallest absolute Gasteiger partial charge is 0.407 e. The number of carboxylic acid groups (broad SMARTS) is 1. The molecule has 4 N–H and O–H groups in total. The first-order chi connectivity index (χ1) is 9.69. The van der Waals surface area contributed by atoms with Crippen LogP contribution in [0.3, 0.4) is 0 Å². The van der Waals surface area contributed by atoms with E-state index in [1.807, 2.05) is 0 Å². The number of aromatic nitrogens is 1. The highest BCUT2D eigenvalue weighted by molar-refractivity contribution is 5.88. The Bertz CT molecular complexity index is 562. The Morgan fingerprint density at radius 3 is 2.71 bits per heavy atom. The predicted octanol–water partition coefficient (Wildman–Crippen LogP) is 1.90. The van der Waals surface area contributed by atoms with E-state index >= 15 is 0 Å². The number of nitrogens with one attached hydrogen (secondary N) is 1. The molecular weight excluding hydrogens is 274 g/mol. The highest BCUT2D eigenvalue weighted by Gasteiger charge is 2.15. The molecule has 0 saturated carbocycles. The van der Waals surface area contributed by atoms with E-state index in [4.69, 9.17) is 15.6 Å². The molecule has 1 aromatic heterocycles. The molecule has 0 atom stereocenters. The number of carbonyl (C=O) groups is 2. The van der Waals surface area contributed by atoms with Crippen LogP contribution in [0.25, 0.3) is 6.08 Å². The average Bonchev–Trinajstić information content (AvgIpc) is 2.34. The fourth-order valence-corrected chi connectivity index (χ4v) is 1.39. The molecule has 1 aromatic rings. The number of pyridine rings is 1. The molecule has 21 heavy (non-hydrogen) atoms. The molecule has 0 radical (unpaired) electrons. The van der Waals surface area contributed by atoms with Crippen LogP contribution in [0.4, 0.5) is 10.6 Å². The van der Waals surface area contributed by atoms with Crippen LogP contribution in [0.15, 0.2) is 18.3 Å². The molecule has 7 heteroatoms. The number of hydrogen-bond donors (Lipinski definition) is 3. The number of rotatable bonds is 4. The van der Waals surface area contributed by atoms with Crippen molar-refractivity contribution in [2.24, 2.45) is 0 Å². The third kappa shape index (κ3) is 5.94. The molecule has 0 unspecified atom stereocenters. The lowest BCUT2D eigenvalue weighted by Gasteiger charge is -2.19. The van der Waals surface area contributed by atoms with Crippen LogP contribution >= 0.6 is 0 Å². The van der Waals surface area contributed by atoms with Crippen LogP contribution in [-0.2, 0) is 4.74 Å². The molecule has 0 bridgehead atoms. The van der Waals surface area contributed by atoms with Gasteiger partial charge in [0.1, 0.15) is 11.4 Å². The second-order valence-corrected chi connectivity index (χ2v) is 5.29. The first-order valence-corrected chi connectivity index (χ1v) is 6.31. The van der Waals surface area contributed by atoms with E-state index in [1.54, 1.807) is 32.9 Å². The molecule has 114 valence electrons. The normalized spacial score (nSPS) is 11.4. The van der Waals surface area contributed by atoms with Crippen LogP contribution in [0.5, 0.6) is 0 Å². The number of amides is 1. The number of anilines is 1. The first-order valence-electron chi connectivity index (χ1n) is 6.31. The number of nitrogen functional groups attached to an aromatic ring is 1. The minimum absolute atomic E-state index is 0.0453. The van der Waals surface area contributed by atoms with Crippen LogP contribution in [0, 0.1) is 0 Å². The Labute approximate surface area is 122 Å². The van der Waals surface area contributed by atoms with Gasteiger partial charge in [0.05, 0.1) is 5.56 Å². The summed E-state index contributed by atoms with van der Waals surface area (Å²) >= 11 is 0. The van der Waals surface area contributed by atoms with Gasteiger partial charge in [-0.15, -0.1) is 0 Å². The van der Waals surface area contributed by atoms with Crippen LogP contribution in [-0.4, -0.2) is 34.3 Å². The second-order valence-electron chi connectivity index (χ2n) is 5.29. The first kappa shape index (κ1) is 16.5. The number of hydrogen-bond acceptors (Lipinski definition) is 5. The Kier molecular flexibility index (Phi) is 5.29. The molecule has 0 saturated heterocycles.